The molecule has 10 heteroatoms. The second-order valence-electron chi connectivity index (χ2n) is 11.0. The van der Waals surface area contributed by atoms with Gasteiger partial charge in [0.2, 0.25) is 0 Å². The third kappa shape index (κ3) is 6.35. The van der Waals surface area contributed by atoms with Crippen LogP contribution in [-0.2, 0) is 14.3 Å². The van der Waals surface area contributed by atoms with E-state index in [4.69, 9.17) is 19.2 Å². The Labute approximate surface area is 272 Å². The number of carbonyl (C=O) groups is 2. The second-order valence-corrected chi connectivity index (χ2v) is 12.0. The van der Waals surface area contributed by atoms with Crippen LogP contribution in [0.25, 0.3) is 11.8 Å². The number of unbranched alkanes of at least 4 members (excludes halogenated alkanes) is 1. The maximum Gasteiger partial charge on any atom is 0.338 e. The van der Waals surface area contributed by atoms with Crippen molar-refractivity contribution in [3.05, 3.63) is 114 Å². The van der Waals surface area contributed by atoms with E-state index in [1.165, 1.54) is 11.3 Å². The molecular formula is C36H39N3O6S. The molecule has 0 amide bonds. The number of nitrogens with zero attached hydrogens (tertiary/aromatic N) is 3. The predicted octanol–water partition coefficient (Wildman–Crippen LogP) is 5.56. The summed E-state index contributed by atoms with van der Waals surface area (Å²) in [5.41, 5.74) is 5.41. The maximum absolute atomic E-state index is 14.2. The summed E-state index contributed by atoms with van der Waals surface area (Å²) in [7, 11) is 0. The van der Waals surface area contributed by atoms with Gasteiger partial charge < -0.3 is 18.8 Å². The number of fused-ring (bicyclic) bond motifs is 1. The van der Waals surface area contributed by atoms with Gasteiger partial charge in [-0.05, 0) is 89.1 Å². The van der Waals surface area contributed by atoms with Gasteiger partial charge in [0.15, 0.2) is 4.80 Å². The standard InChI is InChI=1S/C36H39N3O6S/c1-7-10-19-45-34(41)25-15-17-27(18-16-25)38-22(4)20-26(24(38)6)21-30-33(40)39-32(28-13-11-12-14-29(28)43-8-2)31(35(42)44-9-3)23(5)37-36(39)46-30/h11-18,20-21,32H,7-10,19H2,1-6H3/b30-21-/t32-/m0/s1. The van der Waals surface area contributed by atoms with Gasteiger partial charge in [-0.3, -0.25) is 9.36 Å². The molecule has 240 valence electrons. The van der Waals surface area contributed by atoms with E-state index >= 15 is 0 Å². The summed E-state index contributed by atoms with van der Waals surface area (Å²) < 4.78 is 20.9. The predicted molar refractivity (Wildman–Crippen MR) is 178 cm³/mol. The third-order valence-corrected chi connectivity index (χ3v) is 8.86. The van der Waals surface area contributed by atoms with Crippen LogP contribution in [0.1, 0.15) is 79.5 Å². The molecule has 3 heterocycles. The molecule has 0 fully saturated rings. The van der Waals surface area contributed by atoms with Crippen molar-refractivity contribution in [2.45, 2.75) is 60.4 Å². The number of ether oxygens (including phenoxy) is 3. The molecule has 5 rings (SSSR count). The molecule has 0 aliphatic carbocycles. The number of aryl methyl sites for hydroxylation is 1. The van der Waals surface area contributed by atoms with Crippen molar-refractivity contribution in [1.82, 2.24) is 9.13 Å². The van der Waals surface area contributed by atoms with E-state index in [-0.39, 0.29) is 18.1 Å². The Kier molecular flexibility index (Phi) is 10.1. The first-order valence-corrected chi connectivity index (χ1v) is 16.4. The van der Waals surface area contributed by atoms with Crippen LogP contribution in [0.3, 0.4) is 0 Å². The molecular weight excluding hydrogens is 602 g/mol. The topological polar surface area (TPSA) is 101 Å². The van der Waals surface area contributed by atoms with Gasteiger partial charge in [-0.25, -0.2) is 14.6 Å². The van der Waals surface area contributed by atoms with E-state index in [1.807, 2.05) is 69.3 Å². The first-order valence-electron chi connectivity index (χ1n) is 15.6. The van der Waals surface area contributed by atoms with Crippen LogP contribution in [0.15, 0.2) is 75.7 Å². The van der Waals surface area contributed by atoms with Crippen LogP contribution in [0.4, 0.5) is 0 Å². The highest BCUT2D eigenvalue weighted by molar-refractivity contribution is 7.07. The summed E-state index contributed by atoms with van der Waals surface area (Å²) in [4.78, 5) is 45.1. The highest BCUT2D eigenvalue weighted by Gasteiger charge is 2.35. The normalized spacial score (nSPS) is 14.6. The van der Waals surface area contributed by atoms with Crippen molar-refractivity contribution in [2.75, 3.05) is 19.8 Å². The lowest BCUT2D eigenvalue weighted by Gasteiger charge is -2.26. The van der Waals surface area contributed by atoms with Crippen LogP contribution in [0.5, 0.6) is 5.75 Å². The van der Waals surface area contributed by atoms with E-state index in [9.17, 15) is 14.4 Å². The number of benzene rings is 2. The highest BCUT2D eigenvalue weighted by Crippen LogP contribution is 2.36. The first kappa shape index (κ1) is 32.7. The fourth-order valence-corrected chi connectivity index (χ4v) is 6.73. The van der Waals surface area contributed by atoms with Crippen LogP contribution in [0, 0.1) is 13.8 Å². The number of rotatable bonds is 11. The molecule has 1 aliphatic rings. The van der Waals surface area contributed by atoms with E-state index in [2.05, 4.69) is 11.5 Å². The Morgan fingerprint density at radius 2 is 1.70 bits per heavy atom. The minimum atomic E-state index is -0.764. The Morgan fingerprint density at radius 1 is 0.957 bits per heavy atom. The molecule has 0 saturated heterocycles. The van der Waals surface area contributed by atoms with Gasteiger partial charge in [-0.2, -0.15) is 0 Å². The average molecular weight is 642 g/mol. The highest BCUT2D eigenvalue weighted by atomic mass is 32.1. The average Bonchev–Trinajstić information content (AvgIpc) is 3.50. The van der Waals surface area contributed by atoms with Crippen LogP contribution in [0.2, 0.25) is 0 Å². The van der Waals surface area contributed by atoms with Crippen LogP contribution in [-0.4, -0.2) is 40.9 Å². The number of carbonyl (C=O) groups excluding carboxylic acids is 2. The van der Waals surface area contributed by atoms with Crippen molar-refractivity contribution in [2.24, 2.45) is 4.99 Å². The number of allylic oxidation sites excluding steroid dienone is 1. The molecule has 4 aromatic rings. The number of hydrogen-bond donors (Lipinski definition) is 0. The van der Waals surface area contributed by atoms with Gasteiger partial charge in [0.25, 0.3) is 5.56 Å². The summed E-state index contributed by atoms with van der Waals surface area (Å²) >= 11 is 1.28. The fraction of sp³-hybridized carbons (Fsp3) is 0.333. The van der Waals surface area contributed by atoms with Gasteiger partial charge >= 0.3 is 11.9 Å². The largest absolute Gasteiger partial charge is 0.494 e. The number of hydrogen-bond acceptors (Lipinski definition) is 8. The quantitative estimate of drug-likeness (QED) is 0.157. The lowest BCUT2D eigenvalue weighted by Crippen LogP contribution is -2.40. The van der Waals surface area contributed by atoms with Crippen LogP contribution < -0.4 is 19.6 Å². The number of para-hydroxylation sites is 1. The number of esters is 2. The molecule has 2 aromatic heterocycles. The minimum absolute atomic E-state index is 0.196. The molecule has 0 N–H and O–H groups in total. The zero-order valence-corrected chi connectivity index (χ0v) is 27.9. The lowest BCUT2D eigenvalue weighted by molar-refractivity contribution is -0.139. The summed E-state index contributed by atoms with van der Waals surface area (Å²) in [6.45, 7) is 12.5. The molecule has 9 nitrogen and oxygen atoms in total. The Balaban J connectivity index is 1.58. The Bertz CT molecular complexity index is 1980. The molecule has 46 heavy (non-hydrogen) atoms. The van der Waals surface area contributed by atoms with E-state index < -0.39 is 12.0 Å². The Morgan fingerprint density at radius 3 is 2.39 bits per heavy atom. The first-order chi connectivity index (χ1) is 22.2. The smallest absolute Gasteiger partial charge is 0.338 e. The molecule has 1 aliphatic heterocycles. The summed E-state index contributed by atoms with van der Waals surface area (Å²) in [6, 6.07) is 16.0. The molecule has 0 saturated carbocycles. The van der Waals surface area contributed by atoms with Gasteiger partial charge in [0.05, 0.1) is 41.2 Å². The summed E-state index contributed by atoms with van der Waals surface area (Å²) in [5.74, 6) is -0.261. The van der Waals surface area contributed by atoms with E-state index in [0.29, 0.717) is 50.7 Å². The molecule has 1 atom stereocenters. The summed E-state index contributed by atoms with van der Waals surface area (Å²) in [6.07, 6.45) is 3.66. The third-order valence-electron chi connectivity index (χ3n) is 7.88. The number of thiazole rings is 1. The molecule has 0 unspecified atom stereocenters. The van der Waals surface area contributed by atoms with Gasteiger partial charge in [0, 0.05) is 22.6 Å². The van der Waals surface area contributed by atoms with Gasteiger partial charge in [0.1, 0.15) is 11.8 Å². The zero-order chi connectivity index (χ0) is 33.0. The van der Waals surface area contributed by atoms with Crippen molar-refractivity contribution < 1.29 is 23.8 Å². The van der Waals surface area contributed by atoms with Crippen molar-refractivity contribution in [1.29, 1.82) is 0 Å². The second kappa shape index (κ2) is 14.2. The van der Waals surface area contributed by atoms with Crippen molar-refractivity contribution in [3.63, 3.8) is 0 Å². The monoisotopic (exact) mass is 641 g/mol. The van der Waals surface area contributed by atoms with E-state index in [1.54, 1.807) is 30.5 Å². The van der Waals surface area contributed by atoms with Crippen LogP contribution >= 0.6 is 11.3 Å². The lowest BCUT2D eigenvalue weighted by atomic mass is 9.95. The molecule has 0 spiro atoms. The SMILES string of the molecule is CCCCOC(=O)c1ccc(-n2c(C)cc(/C=c3\sc4n(c3=O)[C@@H](c3ccccc3OCC)C(C(=O)OCC)=C(C)N=4)c2C)cc1. The summed E-state index contributed by atoms with van der Waals surface area (Å²) in [5, 5.41) is 0. The van der Waals surface area contributed by atoms with Gasteiger partial charge in [-0.15, -0.1) is 0 Å². The minimum Gasteiger partial charge on any atom is -0.494 e. The Hall–Kier alpha value is -4.70. The van der Waals surface area contributed by atoms with Gasteiger partial charge in [-0.1, -0.05) is 42.9 Å². The molecule has 0 radical (unpaired) electrons. The molecule has 2 aromatic carbocycles. The molecule has 0 bridgehead atoms. The fourth-order valence-electron chi connectivity index (χ4n) is 5.69. The van der Waals surface area contributed by atoms with E-state index in [0.717, 1.165) is 35.5 Å². The van der Waals surface area contributed by atoms with Crippen molar-refractivity contribution >= 4 is 29.4 Å². The van der Waals surface area contributed by atoms with Crippen molar-refractivity contribution in [3.8, 4) is 11.4 Å². The number of aromatic nitrogens is 2. The maximum atomic E-state index is 14.2. The zero-order valence-electron chi connectivity index (χ0n) is 27.1.